The van der Waals surface area contributed by atoms with Crippen LogP contribution in [-0.4, -0.2) is 39.5 Å². The van der Waals surface area contributed by atoms with Crippen molar-refractivity contribution in [3.8, 4) is 5.75 Å². The summed E-state index contributed by atoms with van der Waals surface area (Å²) in [5.74, 6) is 1.32. The van der Waals surface area contributed by atoms with E-state index in [-0.39, 0.29) is 11.2 Å². The van der Waals surface area contributed by atoms with Crippen LogP contribution in [0.5, 0.6) is 5.75 Å². The number of amides is 1. The van der Waals surface area contributed by atoms with Crippen LogP contribution < -0.4 is 15.4 Å². The Balaban J connectivity index is 1.44. The van der Waals surface area contributed by atoms with Gasteiger partial charge in [-0.15, -0.1) is 0 Å². The molecular weight excluding hydrogens is 356 g/mol. The van der Waals surface area contributed by atoms with Crippen LogP contribution >= 0.6 is 11.6 Å². The molecular formula is C17H19ClN6O2. The molecule has 9 heteroatoms. The van der Waals surface area contributed by atoms with Gasteiger partial charge in [0.2, 0.25) is 11.2 Å². The second kappa shape index (κ2) is 8.48. The average molecular weight is 375 g/mol. The van der Waals surface area contributed by atoms with Gasteiger partial charge < -0.3 is 20.4 Å². The fourth-order valence-electron chi connectivity index (χ4n) is 2.52. The minimum Gasteiger partial charge on any atom is -0.496 e. The van der Waals surface area contributed by atoms with E-state index in [1.54, 1.807) is 7.11 Å². The Hall–Kier alpha value is -2.87. The molecule has 0 radical (unpaired) electrons. The molecule has 0 saturated heterocycles. The predicted octanol–water partition coefficient (Wildman–Crippen LogP) is 2.52. The van der Waals surface area contributed by atoms with Crippen molar-refractivity contribution < 1.29 is 9.53 Å². The molecule has 0 unspecified atom stereocenters. The topological polar surface area (TPSA) is 105 Å². The highest BCUT2D eigenvalue weighted by molar-refractivity contribution is 6.28. The minimum atomic E-state index is -0.0230. The summed E-state index contributed by atoms with van der Waals surface area (Å²) < 4.78 is 5.27. The molecule has 1 aromatic carbocycles. The number of aromatic amines is 1. The molecule has 3 N–H and O–H groups in total. The predicted molar refractivity (Wildman–Crippen MR) is 99.3 cm³/mol. The lowest BCUT2D eigenvalue weighted by molar-refractivity contribution is -0.121. The number of nitrogens with one attached hydrogen (secondary N) is 3. The Labute approximate surface area is 155 Å². The Morgan fingerprint density at radius 2 is 2.15 bits per heavy atom. The third kappa shape index (κ3) is 4.40. The van der Waals surface area contributed by atoms with Gasteiger partial charge in [0.05, 0.1) is 13.4 Å². The van der Waals surface area contributed by atoms with Crippen molar-refractivity contribution in [2.24, 2.45) is 0 Å². The normalized spacial score (nSPS) is 10.7. The van der Waals surface area contributed by atoms with E-state index in [0.29, 0.717) is 42.9 Å². The molecule has 136 valence electrons. The number of halogens is 1. The second-order valence-electron chi connectivity index (χ2n) is 5.56. The standard InChI is InChI=1S/C17H19ClN6O2/c1-26-12-6-3-2-5-11(12)9-20-13(25)7-4-8-19-15-14-16(22-10-21-14)24-17(18)23-15/h2-3,5-6,10H,4,7-9H2,1H3,(H,20,25)(H2,19,21,22,23,24). The van der Waals surface area contributed by atoms with Crippen LogP contribution in [0.4, 0.5) is 5.82 Å². The van der Waals surface area contributed by atoms with Crippen LogP contribution in [0, 0.1) is 0 Å². The van der Waals surface area contributed by atoms with Gasteiger partial charge in [-0.3, -0.25) is 4.79 Å². The number of anilines is 1. The first kappa shape index (κ1) is 17.9. The lowest BCUT2D eigenvalue weighted by Gasteiger charge is -2.10. The van der Waals surface area contributed by atoms with Gasteiger partial charge in [0.15, 0.2) is 11.5 Å². The Morgan fingerprint density at radius 3 is 3.00 bits per heavy atom. The quantitative estimate of drug-likeness (QED) is 0.413. The van der Waals surface area contributed by atoms with Crippen LogP contribution in [0.2, 0.25) is 5.28 Å². The maximum Gasteiger partial charge on any atom is 0.226 e. The number of imidazole rings is 1. The van der Waals surface area contributed by atoms with E-state index in [2.05, 4.69) is 30.6 Å². The summed E-state index contributed by atoms with van der Waals surface area (Å²) in [5, 5.41) is 6.18. The number of ether oxygens (including phenoxy) is 1. The van der Waals surface area contributed by atoms with Gasteiger partial charge in [0.1, 0.15) is 11.3 Å². The molecule has 0 aliphatic carbocycles. The zero-order chi connectivity index (χ0) is 18.4. The van der Waals surface area contributed by atoms with Gasteiger partial charge in [-0.05, 0) is 24.1 Å². The minimum absolute atomic E-state index is 0.0230. The number of carbonyl (C=O) groups is 1. The SMILES string of the molecule is COc1ccccc1CNC(=O)CCCNc1nc(Cl)nc2nc[nH]c12. The zero-order valence-electron chi connectivity index (χ0n) is 14.3. The van der Waals surface area contributed by atoms with Crippen LogP contribution in [0.1, 0.15) is 18.4 Å². The van der Waals surface area contributed by atoms with Gasteiger partial charge in [0.25, 0.3) is 0 Å². The summed E-state index contributed by atoms with van der Waals surface area (Å²) >= 11 is 5.88. The van der Waals surface area contributed by atoms with E-state index in [1.807, 2.05) is 24.3 Å². The molecule has 0 aliphatic rings. The highest BCUT2D eigenvalue weighted by Gasteiger charge is 2.09. The second-order valence-corrected chi connectivity index (χ2v) is 5.90. The van der Waals surface area contributed by atoms with Crippen molar-refractivity contribution in [1.82, 2.24) is 25.3 Å². The number of fused-ring (bicyclic) bond motifs is 1. The maximum atomic E-state index is 12.0. The van der Waals surface area contributed by atoms with Crippen molar-refractivity contribution in [3.63, 3.8) is 0 Å². The van der Waals surface area contributed by atoms with E-state index < -0.39 is 0 Å². The number of benzene rings is 1. The van der Waals surface area contributed by atoms with Crippen molar-refractivity contribution in [2.75, 3.05) is 19.0 Å². The molecule has 0 atom stereocenters. The maximum absolute atomic E-state index is 12.0. The van der Waals surface area contributed by atoms with Crippen LogP contribution in [0.25, 0.3) is 11.2 Å². The van der Waals surface area contributed by atoms with Gasteiger partial charge in [-0.2, -0.15) is 9.97 Å². The monoisotopic (exact) mass is 374 g/mol. The molecule has 26 heavy (non-hydrogen) atoms. The molecule has 0 spiro atoms. The fourth-order valence-corrected chi connectivity index (χ4v) is 2.69. The average Bonchev–Trinajstić information content (AvgIpc) is 3.12. The number of rotatable bonds is 8. The largest absolute Gasteiger partial charge is 0.496 e. The molecule has 3 aromatic rings. The summed E-state index contributed by atoms with van der Waals surface area (Å²) in [4.78, 5) is 27.2. The molecule has 0 bridgehead atoms. The first-order chi connectivity index (χ1) is 12.7. The molecule has 8 nitrogen and oxygen atoms in total. The van der Waals surface area contributed by atoms with Gasteiger partial charge in [-0.25, -0.2) is 4.98 Å². The fraction of sp³-hybridized carbons (Fsp3) is 0.294. The smallest absolute Gasteiger partial charge is 0.226 e. The van der Waals surface area contributed by atoms with Gasteiger partial charge >= 0.3 is 0 Å². The number of carbonyl (C=O) groups excluding carboxylic acids is 1. The molecule has 0 saturated carbocycles. The molecule has 2 aromatic heterocycles. The number of methoxy groups -OCH3 is 1. The number of aromatic nitrogens is 4. The van der Waals surface area contributed by atoms with Crippen LogP contribution in [0.15, 0.2) is 30.6 Å². The van der Waals surface area contributed by atoms with Crippen molar-refractivity contribution in [3.05, 3.63) is 41.4 Å². The lowest BCUT2D eigenvalue weighted by Crippen LogP contribution is -2.23. The number of H-pyrrole nitrogens is 1. The Bertz CT molecular complexity index is 898. The molecule has 0 fully saturated rings. The van der Waals surface area contributed by atoms with Crippen LogP contribution in [-0.2, 0) is 11.3 Å². The van der Waals surface area contributed by atoms with E-state index >= 15 is 0 Å². The van der Waals surface area contributed by atoms with Gasteiger partial charge in [-0.1, -0.05) is 18.2 Å². The summed E-state index contributed by atoms with van der Waals surface area (Å²) in [6.45, 7) is 1.01. The summed E-state index contributed by atoms with van der Waals surface area (Å²) in [6.07, 6.45) is 2.58. The first-order valence-electron chi connectivity index (χ1n) is 8.16. The highest BCUT2D eigenvalue weighted by atomic mass is 35.5. The first-order valence-corrected chi connectivity index (χ1v) is 8.54. The van der Waals surface area contributed by atoms with Gasteiger partial charge in [0, 0.05) is 25.1 Å². The van der Waals surface area contributed by atoms with E-state index in [0.717, 1.165) is 11.3 Å². The summed E-state index contributed by atoms with van der Waals surface area (Å²) in [6, 6.07) is 7.60. The van der Waals surface area contributed by atoms with Crippen molar-refractivity contribution in [2.45, 2.75) is 19.4 Å². The van der Waals surface area contributed by atoms with E-state index in [4.69, 9.17) is 16.3 Å². The number of nitrogens with zero attached hydrogens (tertiary/aromatic N) is 3. The lowest BCUT2D eigenvalue weighted by atomic mass is 10.2. The third-order valence-corrected chi connectivity index (χ3v) is 3.97. The Morgan fingerprint density at radius 1 is 1.31 bits per heavy atom. The molecule has 3 rings (SSSR count). The number of para-hydroxylation sites is 1. The Kier molecular flexibility index (Phi) is 5.85. The zero-order valence-corrected chi connectivity index (χ0v) is 15.0. The van der Waals surface area contributed by atoms with Crippen molar-refractivity contribution >= 4 is 34.5 Å². The molecule has 0 aliphatic heterocycles. The van der Waals surface area contributed by atoms with Crippen molar-refractivity contribution in [1.29, 1.82) is 0 Å². The third-order valence-electron chi connectivity index (χ3n) is 3.80. The summed E-state index contributed by atoms with van der Waals surface area (Å²) in [7, 11) is 1.61. The molecule has 1 amide bonds. The van der Waals surface area contributed by atoms with E-state index in [9.17, 15) is 4.79 Å². The number of hydrogen-bond acceptors (Lipinski definition) is 6. The molecule has 2 heterocycles. The summed E-state index contributed by atoms with van der Waals surface area (Å²) in [5.41, 5.74) is 2.14. The van der Waals surface area contributed by atoms with Crippen LogP contribution in [0.3, 0.4) is 0 Å². The highest BCUT2D eigenvalue weighted by Crippen LogP contribution is 2.19. The number of hydrogen-bond donors (Lipinski definition) is 3. The van der Waals surface area contributed by atoms with E-state index in [1.165, 1.54) is 6.33 Å².